The summed E-state index contributed by atoms with van der Waals surface area (Å²) >= 11 is 9.23. The highest BCUT2D eigenvalue weighted by molar-refractivity contribution is 9.10. The standard InChI is InChI=1S/C13H10BrClN2O2/c14-9-5-10(13(18)19)12(17-7-9)16-6-8-3-1-2-4-11(8)15/h1-5,7H,6H2,(H,16,17)(H,18,19). The number of nitrogens with zero attached hydrogens (tertiary/aromatic N) is 1. The lowest BCUT2D eigenvalue weighted by molar-refractivity contribution is 0.0697. The molecule has 1 aromatic carbocycles. The first-order valence-electron chi connectivity index (χ1n) is 5.44. The third-order valence-electron chi connectivity index (χ3n) is 2.49. The van der Waals surface area contributed by atoms with Crippen LogP contribution in [0.15, 0.2) is 41.0 Å². The predicted molar refractivity (Wildman–Crippen MR) is 77.7 cm³/mol. The van der Waals surface area contributed by atoms with Gasteiger partial charge in [-0.2, -0.15) is 0 Å². The molecule has 0 radical (unpaired) electrons. The number of halogens is 2. The third-order valence-corrected chi connectivity index (χ3v) is 3.29. The van der Waals surface area contributed by atoms with Crippen molar-refractivity contribution in [3.05, 3.63) is 57.2 Å². The fourth-order valence-electron chi connectivity index (χ4n) is 1.56. The Morgan fingerprint density at radius 2 is 2.16 bits per heavy atom. The molecule has 0 fully saturated rings. The van der Waals surface area contributed by atoms with E-state index in [1.54, 1.807) is 12.3 Å². The molecule has 0 atom stereocenters. The molecule has 6 heteroatoms. The second-order valence-electron chi connectivity index (χ2n) is 3.80. The van der Waals surface area contributed by atoms with Gasteiger partial charge in [-0.1, -0.05) is 29.8 Å². The quantitative estimate of drug-likeness (QED) is 0.888. The van der Waals surface area contributed by atoms with Crippen molar-refractivity contribution in [2.24, 2.45) is 0 Å². The van der Waals surface area contributed by atoms with Crippen molar-refractivity contribution >= 4 is 39.3 Å². The highest BCUT2D eigenvalue weighted by Gasteiger charge is 2.12. The summed E-state index contributed by atoms with van der Waals surface area (Å²) in [5.74, 6) is -0.717. The number of aromatic nitrogens is 1. The fourth-order valence-corrected chi connectivity index (χ4v) is 2.10. The summed E-state index contributed by atoms with van der Waals surface area (Å²) in [7, 11) is 0. The number of benzene rings is 1. The zero-order chi connectivity index (χ0) is 13.8. The summed E-state index contributed by atoms with van der Waals surface area (Å²) in [6.07, 6.45) is 1.54. The number of hydrogen-bond donors (Lipinski definition) is 2. The van der Waals surface area contributed by atoms with Crippen LogP contribution in [-0.4, -0.2) is 16.1 Å². The minimum absolute atomic E-state index is 0.112. The van der Waals surface area contributed by atoms with E-state index in [0.717, 1.165) is 5.56 Å². The summed E-state index contributed by atoms with van der Waals surface area (Å²) < 4.78 is 0.619. The van der Waals surface area contributed by atoms with Gasteiger partial charge in [0.2, 0.25) is 0 Å². The van der Waals surface area contributed by atoms with Gasteiger partial charge in [-0.15, -0.1) is 0 Å². The maximum absolute atomic E-state index is 11.1. The van der Waals surface area contributed by atoms with Crippen LogP contribution in [0.4, 0.5) is 5.82 Å². The average molecular weight is 342 g/mol. The van der Waals surface area contributed by atoms with Crippen molar-refractivity contribution in [2.45, 2.75) is 6.54 Å². The Balaban J connectivity index is 2.20. The molecular formula is C13H10BrClN2O2. The van der Waals surface area contributed by atoms with Crippen molar-refractivity contribution in [2.75, 3.05) is 5.32 Å². The largest absolute Gasteiger partial charge is 0.478 e. The predicted octanol–water partition coefficient (Wildman–Crippen LogP) is 3.81. The Labute approximate surface area is 123 Å². The van der Waals surface area contributed by atoms with Crippen LogP contribution in [0.25, 0.3) is 0 Å². The van der Waals surface area contributed by atoms with Crippen molar-refractivity contribution in [3.8, 4) is 0 Å². The second kappa shape index (κ2) is 6.04. The van der Waals surface area contributed by atoms with Gasteiger partial charge in [0.1, 0.15) is 11.4 Å². The third kappa shape index (κ3) is 3.45. The molecule has 0 aliphatic rings. The SMILES string of the molecule is O=C(O)c1cc(Br)cnc1NCc1ccccc1Cl. The van der Waals surface area contributed by atoms with Crippen LogP contribution < -0.4 is 5.32 Å². The molecular weight excluding hydrogens is 332 g/mol. The number of anilines is 1. The van der Waals surface area contributed by atoms with Gasteiger partial charge in [-0.25, -0.2) is 9.78 Å². The molecule has 2 N–H and O–H groups in total. The molecule has 2 aromatic rings. The maximum Gasteiger partial charge on any atom is 0.339 e. The van der Waals surface area contributed by atoms with Crippen LogP contribution in [0.5, 0.6) is 0 Å². The van der Waals surface area contributed by atoms with Gasteiger partial charge in [0.25, 0.3) is 0 Å². The maximum atomic E-state index is 11.1. The summed E-state index contributed by atoms with van der Waals surface area (Å²) in [4.78, 5) is 15.2. The van der Waals surface area contributed by atoms with Crippen LogP contribution in [0, 0.1) is 0 Å². The van der Waals surface area contributed by atoms with Crippen LogP contribution >= 0.6 is 27.5 Å². The zero-order valence-corrected chi connectivity index (χ0v) is 12.1. The second-order valence-corrected chi connectivity index (χ2v) is 5.12. The molecule has 0 unspecified atom stereocenters. The van der Waals surface area contributed by atoms with E-state index in [1.165, 1.54) is 6.07 Å². The first-order valence-corrected chi connectivity index (χ1v) is 6.61. The van der Waals surface area contributed by atoms with E-state index >= 15 is 0 Å². The average Bonchev–Trinajstić information content (AvgIpc) is 2.38. The van der Waals surface area contributed by atoms with Gasteiger partial charge >= 0.3 is 5.97 Å². The van der Waals surface area contributed by atoms with Gasteiger partial charge in [0.15, 0.2) is 0 Å². The van der Waals surface area contributed by atoms with E-state index in [4.69, 9.17) is 16.7 Å². The van der Waals surface area contributed by atoms with Crippen molar-refractivity contribution < 1.29 is 9.90 Å². The normalized spacial score (nSPS) is 10.2. The van der Waals surface area contributed by atoms with Gasteiger partial charge in [0.05, 0.1) is 0 Å². The molecule has 0 amide bonds. The molecule has 0 aliphatic carbocycles. The number of pyridine rings is 1. The molecule has 1 heterocycles. The Hall–Kier alpha value is -1.59. The smallest absolute Gasteiger partial charge is 0.339 e. The van der Waals surface area contributed by atoms with E-state index in [-0.39, 0.29) is 5.56 Å². The summed E-state index contributed by atoms with van der Waals surface area (Å²) in [6.45, 7) is 0.411. The molecule has 0 aliphatic heterocycles. The van der Waals surface area contributed by atoms with Gasteiger partial charge in [-0.3, -0.25) is 0 Å². The minimum Gasteiger partial charge on any atom is -0.478 e. The molecule has 0 saturated carbocycles. The number of aromatic carboxylic acids is 1. The van der Waals surface area contributed by atoms with Gasteiger partial charge in [0, 0.05) is 22.2 Å². The molecule has 0 bridgehead atoms. The number of carbonyl (C=O) groups is 1. The number of hydrogen-bond acceptors (Lipinski definition) is 3. The lowest BCUT2D eigenvalue weighted by Crippen LogP contribution is -2.08. The van der Waals surface area contributed by atoms with E-state index < -0.39 is 5.97 Å². The molecule has 1 aromatic heterocycles. The molecule has 0 saturated heterocycles. The van der Waals surface area contributed by atoms with Crippen molar-refractivity contribution in [1.29, 1.82) is 0 Å². The molecule has 0 spiro atoms. The fraction of sp³-hybridized carbons (Fsp3) is 0.0769. The Bertz CT molecular complexity index is 619. The van der Waals surface area contributed by atoms with E-state index in [1.807, 2.05) is 18.2 Å². The van der Waals surface area contributed by atoms with E-state index in [9.17, 15) is 4.79 Å². The van der Waals surface area contributed by atoms with Crippen LogP contribution in [0.2, 0.25) is 5.02 Å². The topological polar surface area (TPSA) is 62.2 Å². The van der Waals surface area contributed by atoms with E-state index in [2.05, 4.69) is 26.2 Å². The highest BCUT2D eigenvalue weighted by Crippen LogP contribution is 2.20. The Morgan fingerprint density at radius 1 is 1.42 bits per heavy atom. The van der Waals surface area contributed by atoms with Gasteiger partial charge in [-0.05, 0) is 33.6 Å². The summed E-state index contributed by atoms with van der Waals surface area (Å²) in [5, 5.41) is 12.7. The number of carboxylic acid groups (broad SMARTS) is 1. The molecule has 19 heavy (non-hydrogen) atoms. The minimum atomic E-state index is -1.03. The van der Waals surface area contributed by atoms with E-state index in [0.29, 0.717) is 21.9 Å². The number of rotatable bonds is 4. The first-order chi connectivity index (χ1) is 9.08. The Morgan fingerprint density at radius 3 is 2.84 bits per heavy atom. The zero-order valence-electron chi connectivity index (χ0n) is 9.73. The summed E-state index contributed by atoms with van der Waals surface area (Å²) in [6, 6.07) is 8.87. The number of nitrogens with one attached hydrogen (secondary N) is 1. The van der Waals surface area contributed by atoms with Crippen molar-refractivity contribution in [1.82, 2.24) is 4.98 Å². The van der Waals surface area contributed by atoms with Gasteiger partial charge < -0.3 is 10.4 Å². The molecule has 2 rings (SSSR count). The lowest BCUT2D eigenvalue weighted by Gasteiger charge is -2.09. The highest BCUT2D eigenvalue weighted by atomic mass is 79.9. The summed E-state index contributed by atoms with van der Waals surface area (Å²) in [5.41, 5.74) is 0.992. The van der Waals surface area contributed by atoms with Crippen LogP contribution in [0.1, 0.15) is 15.9 Å². The number of carboxylic acids is 1. The van der Waals surface area contributed by atoms with Crippen molar-refractivity contribution in [3.63, 3.8) is 0 Å². The molecule has 4 nitrogen and oxygen atoms in total. The van der Waals surface area contributed by atoms with Crippen LogP contribution in [0.3, 0.4) is 0 Å². The lowest BCUT2D eigenvalue weighted by atomic mass is 10.2. The van der Waals surface area contributed by atoms with Crippen LogP contribution in [-0.2, 0) is 6.54 Å². The monoisotopic (exact) mass is 340 g/mol. The first kappa shape index (κ1) is 13.8. The Kier molecular flexibility index (Phi) is 4.39. The molecule has 98 valence electrons.